The van der Waals surface area contributed by atoms with Gasteiger partial charge in [0.15, 0.2) is 11.5 Å². The second-order valence-corrected chi connectivity index (χ2v) is 8.93. The van der Waals surface area contributed by atoms with E-state index >= 15 is 0 Å². The third kappa shape index (κ3) is 6.53. The number of amides is 1. The number of nitrogens with zero attached hydrogens (tertiary/aromatic N) is 1. The molecule has 0 saturated heterocycles. The highest BCUT2D eigenvalue weighted by atomic mass is 127. The second-order valence-electron chi connectivity index (χ2n) is 7.36. The molecule has 0 spiro atoms. The summed E-state index contributed by atoms with van der Waals surface area (Å²) in [6, 6.07) is 16.9. The van der Waals surface area contributed by atoms with E-state index in [2.05, 4.69) is 27.9 Å². The van der Waals surface area contributed by atoms with Crippen LogP contribution in [0.3, 0.4) is 0 Å². The number of methoxy groups -OCH3 is 1. The number of nitrogens with one attached hydrogen (secondary N) is 1. The number of halogens is 2. The number of aromatic carboxylic acids is 1. The number of rotatable bonds is 8. The lowest BCUT2D eigenvalue weighted by Gasteiger charge is -2.14. The first kappa shape index (κ1) is 26.1. The monoisotopic (exact) mass is 602 g/mol. The van der Waals surface area contributed by atoms with Gasteiger partial charge in [0.05, 0.1) is 16.2 Å². The summed E-state index contributed by atoms with van der Waals surface area (Å²) in [5.41, 5.74) is 2.70. The SMILES string of the molecule is COc1cc(/C=C(/C#N)C(=O)Nc2cccc(Cl)c2C)cc(I)c1OCc1ccc(C(=O)O)cc1. The normalized spacial score (nSPS) is 10.9. The Hall–Kier alpha value is -3.55. The summed E-state index contributed by atoms with van der Waals surface area (Å²) in [4.78, 5) is 23.7. The van der Waals surface area contributed by atoms with Crippen LogP contribution >= 0.6 is 34.2 Å². The lowest BCUT2D eigenvalue weighted by Crippen LogP contribution is -2.14. The Bertz CT molecular complexity index is 1350. The van der Waals surface area contributed by atoms with Crippen molar-refractivity contribution in [2.24, 2.45) is 0 Å². The first-order valence-corrected chi connectivity index (χ1v) is 11.7. The molecule has 0 fully saturated rings. The van der Waals surface area contributed by atoms with Crippen molar-refractivity contribution >= 4 is 57.8 Å². The van der Waals surface area contributed by atoms with E-state index < -0.39 is 11.9 Å². The van der Waals surface area contributed by atoms with Gasteiger partial charge < -0.3 is 19.9 Å². The van der Waals surface area contributed by atoms with Crippen molar-refractivity contribution in [3.05, 3.63) is 91.0 Å². The van der Waals surface area contributed by atoms with E-state index in [0.717, 1.165) is 5.56 Å². The zero-order valence-corrected chi connectivity index (χ0v) is 21.7. The minimum atomic E-state index is -0.995. The van der Waals surface area contributed by atoms with E-state index in [1.165, 1.54) is 25.3 Å². The molecule has 178 valence electrons. The Kier molecular flexibility index (Phi) is 8.73. The maximum Gasteiger partial charge on any atom is 0.335 e. The van der Waals surface area contributed by atoms with Gasteiger partial charge in [-0.2, -0.15) is 5.26 Å². The fourth-order valence-corrected chi connectivity index (χ4v) is 4.07. The molecule has 0 atom stereocenters. The number of hydrogen-bond donors (Lipinski definition) is 2. The van der Waals surface area contributed by atoms with E-state index in [-0.39, 0.29) is 17.7 Å². The Morgan fingerprint density at radius 2 is 1.91 bits per heavy atom. The van der Waals surface area contributed by atoms with Gasteiger partial charge in [0.25, 0.3) is 5.91 Å². The van der Waals surface area contributed by atoms with Crippen LogP contribution in [-0.4, -0.2) is 24.1 Å². The van der Waals surface area contributed by atoms with Crippen LogP contribution < -0.4 is 14.8 Å². The summed E-state index contributed by atoms with van der Waals surface area (Å²) >= 11 is 8.19. The van der Waals surface area contributed by atoms with Crippen LogP contribution in [0.5, 0.6) is 11.5 Å². The molecular weight excluding hydrogens is 583 g/mol. The molecule has 0 saturated carbocycles. The number of ether oxygens (including phenoxy) is 2. The van der Waals surface area contributed by atoms with Crippen molar-refractivity contribution < 1.29 is 24.2 Å². The van der Waals surface area contributed by atoms with Crippen molar-refractivity contribution in [3.8, 4) is 17.6 Å². The van der Waals surface area contributed by atoms with Crippen LogP contribution in [0.2, 0.25) is 5.02 Å². The first-order valence-electron chi connectivity index (χ1n) is 10.2. The number of benzene rings is 3. The van der Waals surface area contributed by atoms with Crippen LogP contribution in [-0.2, 0) is 11.4 Å². The third-order valence-corrected chi connectivity index (χ3v) is 6.24. The second kappa shape index (κ2) is 11.7. The van der Waals surface area contributed by atoms with E-state index in [1.54, 1.807) is 49.4 Å². The molecule has 7 nitrogen and oxygen atoms in total. The van der Waals surface area contributed by atoms with Crippen LogP contribution in [0, 0.1) is 21.8 Å². The van der Waals surface area contributed by atoms with Crippen LogP contribution in [0.1, 0.15) is 27.0 Å². The molecule has 1 amide bonds. The average molecular weight is 603 g/mol. The minimum absolute atomic E-state index is 0.0885. The number of hydrogen-bond acceptors (Lipinski definition) is 5. The Morgan fingerprint density at radius 1 is 1.20 bits per heavy atom. The number of carboxylic acid groups (broad SMARTS) is 1. The van der Waals surface area contributed by atoms with Crippen LogP contribution in [0.25, 0.3) is 6.08 Å². The van der Waals surface area contributed by atoms with Gasteiger partial charge in [0.1, 0.15) is 18.2 Å². The van der Waals surface area contributed by atoms with Crippen LogP contribution in [0.4, 0.5) is 5.69 Å². The molecule has 0 aliphatic rings. The van der Waals surface area contributed by atoms with E-state index in [9.17, 15) is 14.9 Å². The molecule has 0 aliphatic carbocycles. The highest BCUT2D eigenvalue weighted by molar-refractivity contribution is 14.1. The molecule has 3 rings (SSSR count). The van der Waals surface area contributed by atoms with Gasteiger partial charge in [0.2, 0.25) is 0 Å². The summed E-state index contributed by atoms with van der Waals surface area (Å²) in [6.45, 7) is 1.98. The number of carbonyl (C=O) groups is 2. The van der Waals surface area contributed by atoms with Crippen molar-refractivity contribution in [1.29, 1.82) is 5.26 Å². The van der Waals surface area contributed by atoms with Gasteiger partial charge in [-0.05, 0) is 88.7 Å². The number of anilines is 1. The van der Waals surface area contributed by atoms with Gasteiger partial charge in [0, 0.05) is 10.7 Å². The summed E-state index contributed by atoms with van der Waals surface area (Å²) < 4.78 is 12.1. The fourth-order valence-electron chi connectivity index (χ4n) is 3.11. The smallest absolute Gasteiger partial charge is 0.335 e. The molecule has 0 unspecified atom stereocenters. The topological polar surface area (TPSA) is 109 Å². The summed E-state index contributed by atoms with van der Waals surface area (Å²) in [6.07, 6.45) is 1.47. The summed E-state index contributed by atoms with van der Waals surface area (Å²) in [5.74, 6) is -0.638. The Labute approximate surface area is 221 Å². The van der Waals surface area contributed by atoms with Crippen molar-refractivity contribution in [1.82, 2.24) is 0 Å². The molecular formula is C26H20ClIN2O5. The standard InChI is InChI=1S/C26H20ClIN2O5/c1-15-20(27)4-3-5-22(15)30-25(31)19(13-29)10-17-11-21(28)24(23(12-17)34-2)35-14-16-6-8-18(9-7-16)26(32)33/h3-12H,14H2,1-2H3,(H,30,31)(H,32,33)/b19-10-. The van der Waals surface area contributed by atoms with E-state index in [1.807, 2.05) is 6.07 Å². The Balaban J connectivity index is 1.81. The quantitative estimate of drug-likeness (QED) is 0.184. The highest BCUT2D eigenvalue weighted by Gasteiger charge is 2.15. The molecule has 0 radical (unpaired) electrons. The molecule has 0 aromatic heterocycles. The Morgan fingerprint density at radius 3 is 2.54 bits per heavy atom. The molecule has 9 heteroatoms. The largest absolute Gasteiger partial charge is 0.493 e. The van der Waals surface area contributed by atoms with Crippen molar-refractivity contribution in [2.75, 3.05) is 12.4 Å². The number of carbonyl (C=O) groups excluding carboxylic acids is 1. The molecule has 0 bridgehead atoms. The van der Waals surface area contributed by atoms with Crippen molar-refractivity contribution in [2.45, 2.75) is 13.5 Å². The van der Waals surface area contributed by atoms with Crippen molar-refractivity contribution in [3.63, 3.8) is 0 Å². The minimum Gasteiger partial charge on any atom is -0.493 e. The predicted octanol–water partition coefficient (Wildman–Crippen LogP) is 6.08. The number of carboxylic acids is 1. The highest BCUT2D eigenvalue weighted by Crippen LogP contribution is 2.35. The molecule has 3 aromatic rings. The summed E-state index contributed by atoms with van der Waals surface area (Å²) in [7, 11) is 1.49. The first-order chi connectivity index (χ1) is 16.7. The lowest BCUT2D eigenvalue weighted by molar-refractivity contribution is -0.112. The van der Waals surface area contributed by atoms with E-state index in [4.69, 9.17) is 26.2 Å². The predicted molar refractivity (Wildman–Crippen MR) is 142 cm³/mol. The zero-order chi connectivity index (χ0) is 25.5. The van der Waals surface area contributed by atoms with Gasteiger partial charge in [-0.15, -0.1) is 0 Å². The zero-order valence-electron chi connectivity index (χ0n) is 18.8. The van der Waals surface area contributed by atoms with Gasteiger partial charge in [-0.3, -0.25) is 4.79 Å². The molecule has 35 heavy (non-hydrogen) atoms. The maximum absolute atomic E-state index is 12.7. The lowest BCUT2D eigenvalue weighted by atomic mass is 10.1. The van der Waals surface area contributed by atoms with E-state index in [0.29, 0.717) is 36.9 Å². The molecule has 3 aromatic carbocycles. The van der Waals surface area contributed by atoms with Crippen LogP contribution in [0.15, 0.2) is 60.2 Å². The maximum atomic E-state index is 12.7. The van der Waals surface area contributed by atoms with Gasteiger partial charge in [-0.1, -0.05) is 29.8 Å². The molecule has 0 heterocycles. The van der Waals surface area contributed by atoms with Gasteiger partial charge in [-0.25, -0.2) is 4.79 Å². The fraction of sp³-hybridized carbons (Fsp3) is 0.115. The number of nitriles is 1. The molecule has 2 N–H and O–H groups in total. The average Bonchev–Trinajstić information content (AvgIpc) is 2.84. The third-order valence-electron chi connectivity index (χ3n) is 5.03. The molecule has 0 aliphatic heterocycles. The van der Waals surface area contributed by atoms with Gasteiger partial charge >= 0.3 is 5.97 Å². The summed E-state index contributed by atoms with van der Waals surface area (Å²) in [5, 5.41) is 21.8.